The van der Waals surface area contributed by atoms with Crippen LogP contribution >= 0.6 is 0 Å². The molecular weight excluding hydrogens is 202 g/mol. The topological polar surface area (TPSA) is 58.4 Å². The standard InChI is InChI=1S/C12H19N3O/c1-14-12(16)9-15(2)8-7-10-5-3-4-6-11(10)13/h3-6H,7-9,13H2,1-2H3,(H,14,16). The largest absolute Gasteiger partial charge is 0.399 e. The van der Waals surface area contributed by atoms with Crippen molar-refractivity contribution in [1.29, 1.82) is 0 Å². The zero-order valence-electron chi connectivity index (χ0n) is 9.86. The third kappa shape index (κ3) is 3.90. The van der Waals surface area contributed by atoms with E-state index < -0.39 is 0 Å². The number of nitrogens with zero attached hydrogens (tertiary/aromatic N) is 1. The summed E-state index contributed by atoms with van der Waals surface area (Å²) in [4.78, 5) is 13.1. The number of nitrogen functional groups attached to an aromatic ring is 1. The van der Waals surface area contributed by atoms with Gasteiger partial charge in [-0.1, -0.05) is 18.2 Å². The Morgan fingerprint density at radius 1 is 1.44 bits per heavy atom. The van der Waals surface area contributed by atoms with E-state index in [1.165, 1.54) is 0 Å². The lowest BCUT2D eigenvalue weighted by atomic mass is 10.1. The van der Waals surface area contributed by atoms with Gasteiger partial charge in [0.05, 0.1) is 6.54 Å². The van der Waals surface area contributed by atoms with Crippen molar-refractivity contribution in [2.45, 2.75) is 6.42 Å². The van der Waals surface area contributed by atoms with Gasteiger partial charge in [0, 0.05) is 19.3 Å². The second-order valence-electron chi connectivity index (χ2n) is 3.86. The van der Waals surface area contributed by atoms with Gasteiger partial charge in [-0.05, 0) is 25.1 Å². The summed E-state index contributed by atoms with van der Waals surface area (Å²) in [6.45, 7) is 1.24. The highest BCUT2D eigenvalue weighted by atomic mass is 16.1. The predicted molar refractivity (Wildman–Crippen MR) is 66.1 cm³/mol. The second-order valence-corrected chi connectivity index (χ2v) is 3.86. The summed E-state index contributed by atoms with van der Waals surface area (Å²) in [6, 6.07) is 7.81. The fourth-order valence-corrected chi connectivity index (χ4v) is 1.48. The number of anilines is 1. The van der Waals surface area contributed by atoms with E-state index in [9.17, 15) is 4.79 Å². The van der Waals surface area contributed by atoms with Crippen LogP contribution in [-0.4, -0.2) is 38.0 Å². The number of likely N-dealkylation sites (N-methyl/N-ethyl adjacent to an activating group) is 2. The molecule has 0 radical (unpaired) electrons. The average molecular weight is 221 g/mol. The Morgan fingerprint density at radius 3 is 2.75 bits per heavy atom. The number of carbonyl (C=O) groups is 1. The first-order chi connectivity index (χ1) is 7.63. The number of rotatable bonds is 5. The lowest BCUT2D eigenvalue weighted by Crippen LogP contribution is -2.34. The number of hydrogen-bond donors (Lipinski definition) is 2. The average Bonchev–Trinajstić information content (AvgIpc) is 2.28. The van der Waals surface area contributed by atoms with Gasteiger partial charge in [0.25, 0.3) is 0 Å². The van der Waals surface area contributed by atoms with E-state index in [4.69, 9.17) is 5.73 Å². The second kappa shape index (κ2) is 6.12. The molecule has 88 valence electrons. The fourth-order valence-electron chi connectivity index (χ4n) is 1.48. The van der Waals surface area contributed by atoms with Crippen LogP contribution in [0.3, 0.4) is 0 Å². The molecule has 1 aromatic rings. The molecule has 1 aromatic carbocycles. The van der Waals surface area contributed by atoms with Crippen molar-refractivity contribution in [2.75, 3.05) is 32.9 Å². The van der Waals surface area contributed by atoms with Crippen LogP contribution < -0.4 is 11.1 Å². The van der Waals surface area contributed by atoms with E-state index in [0.717, 1.165) is 24.2 Å². The van der Waals surface area contributed by atoms with Crippen molar-refractivity contribution in [1.82, 2.24) is 10.2 Å². The van der Waals surface area contributed by atoms with Crippen LogP contribution in [0.2, 0.25) is 0 Å². The van der Waals surface area contributed by atoms with Crippen LogP contribution in [0.5, 0.6) is 0 Å². The predicted octanol–water partition coefficient (Wildman–Crippen LogP) is 0.489. The minimum Gasteiger partial charge on any atom is -0.399 e. The summed E-state index contributed by atoms with van der Waals surface area (Å²) in [5, 5.41) is 2.60. The summed E-state index contributed by atoms with van der Waals surface area (Å²) >= 11 is 0. The molecule has 0 bridgehead atoms. The normalized spacial score (nSPS) is 10.4. The smallest absolute Gasteiger partial charge is 0.233 e. The van der Waals surface area contributed by atoms with Crippen molar-refractivity contribution in [3.05, 3.63) is 29.8 Å². The van der Waals surface area contributed by atoms with Gasteiger partial charge in [0.15, 0.2) is 0 Å². The minimum atomic E-state index is 0.0310. The first-order valence-electron chi connectivity index (χ1n) is 5.36. The van der Waals surface area contributed by atoms with E-state index in [1.807, 2.05) is 36.2 Å². The Balaban J connectivity index is 2.40. The van der Waals surface area contributed by atoms with E-state index in [-0.39, 0.29) is 5.91 Å². The monoisotopic (exact) mass is 221 g/mol. The number of para-hydroxylation sites is 1. The summed E-state index contributed by atoms with van der Waals surface area (Å²) < 4.78 is 0. The third-order valence-electron chi connectivity index (χ3n) is 2.51. The maximum atomic E-state index is 11.1. The molecule has 1 amide bonds. The van der Waals surface area contributed by atoms with Crippen LogP contribution in [0.1, 0.15) is 5.56 Å². The van der Waals surface area contributed by atoms with Crippen LogP contribution in [-0.2, 0) is 11.2 Å². The van der Waals surface area contributed by atoms with Gasteiger partial charge in [0.2, 0.25) is 5.91 Å². The van der Waals surface area contributed by atoms with Crippen LogP contribution in [0.15, 0.2) is 24.3 Å². The lowest BCUT2D eigenvalue weighted by molar-refractivity contribution is -0.121. The van der Waals surface area contributed by atoms with Crippen LogP contribution in [0.4, 0.5) is 5.69 Å². The number of carbonyl (C=O) groups excluding carboxylic acids is 1. The maximum absolute atomic E-state index is 11.1. The number of hydrogen-bond acceptors (Lipinski definition) is 3. The summed E-state index contributed by atoms with van der Waals surface area (Å²) in [5.41, 5.74) is 7.78. The molecule has 1 rings (SSSR count). The number of amides is 1. The molecule has 0 aliphatic heterocycles. The van der Waals surface area contributed by atoms with Crippen LogP contribution in [0.25, 0.3) is 0 Å². The Kier molecular flexibility index (Phi) is 4.79. The van der Waals surface area contributed by atoms with E-state index >= 15 is 0 Å². The molecule has 0 aromatic heterocycles. The molecule has 0 aliphatic carbocycles. The summed E-state index contributed by atoms with van der Waals surface area (Å²) in [5.74, 6) is 0.0310. The molecular formula is C12H19N3O. The zero-order valence-corrected chi connectivity index (χ0v) is 9.86. The maximum Gasteiger partial charge on any atom is 0.233 e. The quantitative estimate of drug-likeness (QED) is 0.711. The first-order valence-corrected chi connectivity index (χ1v) is 5.36. The Hall–Kier alpha value is -1.55. The minimum absolute atomic E-state index is 0.0310. The van der Waals surface area contributed by atoms with Crippen molar-refractivity contribution in [3.8, 4) is 0 Å². The van der Waals surface area contributed by atoms with Gasteiger partial charge >= 0.3 is 0 Å². The summed E-state index contributed by atoms with van der Waals surface area (Å²) in [7, 11) is 3.57. The third-order valence-corrected chi connectivity index (χ3v) is 2.51. The highest BCUT2D eigenvalue weighted by Gasteiger charge is 2.05. The van der Waals surface area contributed by atoms with Gasteiger partial charge in [-0.15, -0.1) is 0 Å². The van der Waals surface area contributed by atoms with Gasteiger partial charge in [-0.3, -0.25) is 9.69 Å². The molecule has 0 atom stereocenters. The molecule has 0 heterocycles. The highest BCUT2D eigenvalue weighted by molar-refractivity contribution is 5.77. The number of benzene rings is 1. The lowest BCUT2D eigenvalue weighted by Gasteiger charge is -2.15. The molecule has 0 saturated heterocycles. The van der Waals surface area contributed by atoms with E-state index in [0.29, 0.717) is 6.54 Å². The van der Waals surface area contributed by atoms with Crippen LogP contribution in [0, 0.1) is 0 Å². The molecule has 4 heteroatoms. The fraction of sp³-hybridized carbons (Fsp3) is 0.417. The van der Waals surface area contributed by atoms with Crippen molar-refractivity contribution >= 4 is 11.6 Å². The molecule has 3 N–H and O–H groups in total. The van der Waals surface area contributed by atoms with E-state index in [1.54, 1.807) is 7.05 Å². The van der Waals surface area contributed by atoms with Crippen molar-refractivity contribution in [2.24, 2.45) is 0 Å². The molecule has 0 aliphatic rings. The number of nitrogens with two attached hydrogens (primary N) is 1. The van der Waals surface area contributed by atoms with Gasteiger partial charge in [0.1, 0.15) is 0 Å². The van der Waals surface area contributed by atoms with E-state index in [2.05, 4.69) is 5.32 Å². The number of nitrogens with one attached hydrogen (secondary N) is 1. The SMILES string of the molecule is CNC(=O)CN(C)CCc1ccccc1N. The Labute approximate surface area is 96.4 Å². The Bertz CT molecular complexity index is 352. The van der Waals surface area contributed by atoms with Gasteiger partial charge < -0.3 is 11.1 Å². The van der Waals surface area contributed by atoms with Crippen molar-refractivity contribution in [3.63, 3.8) is 0 Å². The highest BCUT2D eigenvalue weighted by Crippen LogP contribution is 2.11. The van der Waals surface area contributed by atoms with Crippen molar-refractivity contribution < 1.29 is 4.79 Å². The Morgan fingerprint density at radius 2 is 2.12 bits per heavy atom. The molecule has 4 nitrogen and oxygen atoms in total. The van der Waals surface area contributed by atoms with Gasteiger partial charge in [-0.2, -0.15) is 0 Å². The molecule has 16 heavy (non-hydrogen) atoms. The molecule has 0 unspecified atom stereocenters. The van der Waals surface area contributed by atoms with Gasteiger partial charge in [-0.25, -0.2) is 0 Å². The zero-order chi connectivity index (χ0) is 12.0. The molecule has 0 spiro atoms. The first kappa shape index (κ1) is 12.5. The molecule has 0 fully saturated rings. The molecule has 0 saturated carbocycles. The summed E-state index contributed by atoms with van der Waals surface area (Å²) in [6.07, 6.45) is 0.861.